The molecular weight excluding hydrogens is 308 g/mol. The van der Waals surface area contributed by atoms with E-state index in [1.807, 2.05) is 30.3 Å². The lowest BCUT2D eigenvalue weighted by Crippen LogP contribution is -2.55. The van der Waals surface area contributed by atoms with Gasteiger partial charge in [-0.25, -0.2) is 4.79 Å². The molecule has 0 saturated carbocycles. The van der Waals surface area contributed by atoms with Gasteiger partial charge in [0.1, 0.15) is 5.54 Å². The van der Waals surface area contributed by atoms with Crippen LogP contribution in [0.5, 0.6) is 0 Å². The van der Waals surface area contributed by atoms with E-state index < -0.39 is 5.54 Å². The van der Waals surface area contributed by atoms with Crippen molar-refractivity contribution in [3.8, 4) is 0 Å². The minimum absolute atomic E-state index is 0.0680. The molecule has 0 unspecified atom stereocenters. The number of nitrogens with one attached hydrogen (secondary N) is 2. The molecule has 1 spiro atoms. The van der Waals surface area contributed by atoms with Gasteiger partial charge in [-0.05, 0) is 25.0 Å². The number of amides is 4. The number of likely N-dealkylation sites (N-methyl/N-ethyl adjacent to an activating group) is 1. The fourth-order valence-electron chi connectivity index (χ4n) is 3.26. The monoisotopic (exact) mass is 330 g/mol. The van der Waals surface area contributed by atoms with Crippen molar-refractivity contribution in [2.75, 3.05) is 32.0 Å². The molecule has 128 valence electrons. The molecule has 2 aliphatic rings. The van der Waals surface area contributed by atoms with Crippen LogP contribution < -0.4 is 10.6 Å². The van der Waals surface area contributed by atoms with Crippen LogP contribution in [-0.2, 0) is 9.59 Å². The molecule has 0 aliphatic carbocycles. The van der Waals surface area contributed by atoms with Crippen molar-refractivity contribution < 1.29 is 14.4 Å². The summed E-state index contributed by atoms with van der Waals surface area (Å²) < 4.78 is 0. The Morgan fingerprint density at radius 3 is 2.46 bits per heavy atom. The van der Waals surface area contributed by atoms with Gasteiger partial charge in [0.05, 0.1) is 0 Å². The van der Waals surface area contributed by atoms with Gasteiger partial charge in [-0.15, -0.1) is 0 Å². The molecule has 0 atom stereocenters. The molecule has 24 heavy (non-hydrogen) atoms. The van der Waals surface area contributed by atoms with E-state index in [1.54, 1.807) is 4.90 Å². The largest absolute Gasteiger partial charge is 0.385 e. The molecule has 1 aromatic carbocycles. The van der Waals surface area contributed by atoms with Crippen LogP contribution >= 0.6 is 0 Å². The standard InChI is InChI=1S/C17H22N4O3/c1-20-15(23)17(19-16(20)24)8-11-21(12-9-17)14(22)7-10-18-13-5-3-2-4-6-13/h2-6,18H,7-12H2,1H3,(H,19,24). The van der Waals surface area contributed by atoms with E-state index in [1.165, 1.54) is 7.05 Å². The highest BCUT2D eigenvalue weighted by Gasteiger charge is 2.51. The number of anilines is 1. The van der Waals surface area contributed by atoms with Crippen molar-refractivity contribution in [2.24, 2.45) is 0 Å². The molecule has 2 heterocycles. The van der Waals surface area contributed by atoms with Crippen molar-refractivity contribution >= 4 is 23.5 Å². The fourth-order valence-corrected chi connectivity index (χ4v) is 3.26. The predicted octanol–water partition coefficient (Wildman–Crippen LogP) is 1.03. The summed E-state index contributed by atoms with van der Waals surface area (Å²) in [5.74, 6) is -0.122. The zero-order chi connectivity index (χ0) is 17.2. The Balaban J connectivity index is 1.47. The van der Waals surface area contributed by atoms with Gasteiger partial charge in [0.2, 0.25) is 5.91 Å². The van der Waals surface area contributed by atoms with Crippen molar-refractivity contribution in [2.45, 2.75) is 24.8 Å². The number of hydrogen-bond donors (Lipinski definition) is 2. The highest BCUT2D eigenvalue weighted by Crippen LogP contribution is 2.28. The average molecular weight is 330 g/mol. The molecule has 7 heteroatoms. The van der Waals surface area contributed by atoms with Crippen molar-refractivity contribution in [3.05, 3.63) is 30.3 Å². The molecule has 4 amide bonds. The van der Waals surface area contributed by atoms with Crippen molar-refractivity contribution in [1.29, 1.82) is 0 Å². The summed E-state index contributed by atoms with van der Waals surface area (Å²) in [5, 5.41) is 6.00. The van der Waals surface area contributed by atoms with Crippen LogP contribution in [0.1, 0.15) is 19.3 Å². The highest BCUT2D eigenvalue weighted by molar-refractivity contribution is 6.06. The van der Waals surface area contributed by atoms with E-state index in [2.05, 4.69) is 10.6 Å². The number of urea groups is 1. The fraction of sp³-hybridized carbons (Fsp3) is 0.471. The third-order valence-electron chi connectivity index (χ3n) is 4.78. The van der Waals surface area contributed by atoms with Crippen LogP contribution in [0.4, 0.5) is 10.5 Å². The summed E-state index contributed by atoms with van der Waals surface area (Å²) in [7, 11) is 1.49. The summed E-state index contributed by atoms with van der Waals surface area (Å²) in [5.41, 5.74) is 0.176. The minimum atomic E-state index is -0.815. The Hall–Kier alpha value is -2.57. The van der Waals surface area contributed by atoms with Gasteiger partial charge in [0.25, 0.3) is 5.91 Å². The van der Waals surface area contributed by atoms with E-state index >= 15 is 0 Å². The van der Waals surface area contributed by atoms with Crippen LogP contribution in [0.25, 0.3) is 0 Å². The van der Waals surface area contributed by atoms with Gasteiger partial charge in [0.15, 0.2) is 0 Å². The van der Waals surface area contributed by atoms with Crippen molar-refractivity contribution in [3.63, 3.8) is 0 Å². The van der Waals surface area contributed by atoms with E-state index in [0.717, 1.165) is 10.6 Å². The summed E-state index contributed by atoms with van der Waals surface area (Å²) in [4.78, 5) is 39.1. The lowest BCUT2D eigenvalue weighted by molar-refractivity contribution is -0.137. The first kappa shape index (κ1) is 16.3. The van der Waals surface area contributed by atoms with Gasteiger partial charge in [-0.2, -0.15) is 0 Å². The molecule has 1 aromatic rings. The quantitative estimate of drug-likeness (QED) is 0.808. The summed E-state index contributed by atoms with van der Waals surface area (Å²) >= 11 is 0. The Morgan fingerprint density at radius 1 is 1.21 bits per heavy atom. The minimum Gasteiger partial charge on any atom is -0.385 e. The maximum atomic E-state index is 12.3. The van der Waals surface area contributed by atoms with E-state index in [-0.39, 0.29) is 17.8 Å². The Kier molecular flexibility index (Phi) is 4.42. The first-order chi connectivity index (χ1) is 11.5. The maximum Gasteiger partial charge on any atom is 0.324 e. The summed E-state index contributed by atoms with van der Waals surface area (Å²) in [6.07, 6.45) is 1.35. The number of piperidine rings is 1. The lowest BCUT2D eigenvalue weighted by atomic mass is 9.87. The second-order valence-corrected chi connectivity index (χ2v) is 6.30. The number of carbonyl (C=O) groups excluding carboxylic acids is 3. The second-order valence-electron chi connectivity index (χ2n) is 6.30. The number of hydrogen-bond acceptors (Lipinski definition) is 4. The Morgan fingerprint density at radius 2 is 1.88 bits per heavy atom. The Labute approximate surface area is 141 Å². The second kappa shape index (κ2) is 6.51. The predicted molar refractivity (Wildman–Crippen MR) is 89.4 cm³/mol. The molecule has 2 aliphatic heterocycles. The molecule has 7 nitrogen and oxygen atoms in total. The zero-order valence-electron chi connectivity index (χ0n) is 13.7. The number of benzene rings is 1. The number of carbonyl (C=O) groups is 3. The average Bonchev–Trinajstić information content (AvgIpc) is 2.80. The van der Waals surface area contributed by atoms with Gasteiger partial charge in [0, 0.05) is 38.8 Å². The molecule has 2 fully saturated rings. The van der Waals surface area contributed by atoms with E-state index in [0.29, 0.717) is 38.9 Å². The number of imide groups is 1. The number of nitrogens with zero attached hydrogens (tertiary/aromatic N) is 2. The van der Waals surface area contributed by atoms with Crippen molar-refractivity contribution in [1.82, 2.24) is 15.1 Å². The maximum absolute atomic E-state index is 12.3. The summed E-state index contributed by atoms with van der Waals surface area (Å²) in [6.45, 7) is 1.55. The van der Waals surface area contributed by atoms with Gasteiger partial charge in [-0.1, -0.05) is 18.2 Å². The normalized spacial score (nSPS) is 19.5. The van der Waals surface area contributed by atoms with Gasteiger partial charge >= 0.3 is 6.03 Å². The highest BCUT2D eigenvalue weighted by atomic mass is 16.2. The number of likely N-dealkylation sites (tertiary alicyclic amines) is 1. The smallest absolute Gasteiger partial charge is 0.324 e. The van der Waals surface area contributed by atoms with Gasteiger partial charge in [-0.3, -0.25) is 14.5 Å². The van der Waals surface area contributed by atoms with Crippen LogP contribution in [0.3, 0.4) is 0 Å². The molecular formula is C17H22N4O3. The molecule has 2 N–H and O–H groups in total. The Bertz CT molecular complexity index is 638. The number of rotatable bonds is 4. The van der Waals surface area contributed by atoms with Gasteiger partial charge < -0.3 is 15.5 Å². The molecule has 0 aromatic heterocycles. The summed E-state index contributed by atoms with van der Waals surface area (Å²) in [6, 6.07) is 9.39. The van der Waals surface area contributed by atoms with E-state index in [4.69, 9.17) is 0 Å². The molecule has 0 radical (unpaired) electrons. The topological polar surface area (TPSA) is 81.8 Å². The molecule has 0 bridgehead atoms. The van der Waals surface area contributed by atoms with Crippen LogP contribution in [-0.4, -0.2) is 59.9 Å². The van der Waals surface area contributed by atoms with Crippen LogP contribution in [0.15, 0.2) is 30.3 Å². The molecule has 2 saturated heterocycles. The zero-order valence-corrected chi connectivity index (χ0v) is 13.7. The SMILES string of the molecule is CN1C(=O)NC2(CCN(C(=O)CCNc3ccccc3)CC2)C1=O. The first-order valence-corrected chi connectivity index (χ1v) is 8.19. The third-order valence-corrected chi connectivity index (χ3v) is 4.78. The van der Waals surface area contributed by atoms with Crippen LogP contribution in [0.2, 0.25) is 0 Å². The third kappa shape index (κ3) is 3.06. The number of para-hydroxylation sites is 1. The molecule has 3 rings (SSSR count). The lowest BCUT2D eigenvalue weighted by Gasteiger charge is -2.37. The van der Waals surface area contributed by atoms with E-state index in [9.17, 15) is 14.4 Å². The first-order valence-electron chi connectivity index (χ1n) is 8.19. The van der Waals surface area contributed by atoms with Crippen LogP contribution in [0, 0.1) is 0 Å².